The number of nitrogens with one attached hydrogen (secondary N) is 1. The van der Waals surface area contributed by atoms with Gasteiger partial charge < -0.3 is 9.72 Å². The summed E-state index contributed by atoms with van der Waals surface area (Å²) < 4.78 is 7.85. The molecule has 20 heavy (non-hydrogen) atoms. The molecule has 102 valence electrons. The van der Waals surface area contributed by atoms with Crippen molar-refractivity contribution in [1.82, 2.24) is 14.5 Å². The van der Waals surface area contributed by atoms with Crippen molar-refractivity contribution in [2.75, 3.05) is 7.11 Å². The van der Waals surface area contributed by atoms with Crippen LogP contribution in [0.15, 0.2) is 36.4 Å². The van der Waals surface area contributed by atoms with Crippen molar-refractivity contribution < 1.29 is 4.74 Å². The Kier molecular flexibility index (Phi) is 3.28. The third kappa shape index (κ3) is 2.20. The largest absolute Gasteiger partial charge is 0.481 e. The maximum Gasteiger partial charge on any atom is 0.215 e. The minimum absolute atomic E-state index is 0.588. The highest BCUT2D eigenvalue weighted by molar-refractivity contribution is 7.71. The number of pyridine rings is 1. The van der Waals surface area contributed by atoms with Gasteiger partial charge in [-0.1, -0.05) is 24.3 Å². The summed E-state index contributed by atoms with van der Waals surface area (Å²) >= 11 is 5.40. The summed E-state index contributed by atoms with van der Waals surface area (Å²) in [5, 5.41) is 0. The van der Waals surface area contributed by atoms with Crippen LogP contribution < -0.4 is 4.74 Å². The first kappa shape index (κ1) is 12.9. The Morgan fingerprint density at radius 2 is 2.05 bits per heavy atom. The predicted molar refractivity (Wildman–Crippen MR) is 81.8 cm³/mol. The number of fused-ring (bicyclic) bond motifs is 1. The molecule has 5 heteroatoms. The van der Waals surface area contributed by atoms with Crippen molar-refractivity contribution in [3.05, 3.63) is 52.3 Å². The number of aryl methyl sites for hydroxylation is 1. The van der Waals surface area contributed by atoms with Crippen molar-refractivity contribution in [3.8, 4) is 5.88 Å². The molecule has 4 nitrogen and oxygen atoms in total. The third-order valence-electron chi connectivity index (χ3n) is 3.39. The van der Waals surface area contributed by atoms with E-state index in [2.05, 4.69) is 29.0 Å². The van der Waals surface area contributed by atoms with Crippen LogP contribution in [0.3, 0.4) is 0 Å². The Bertz CT molecular complexity index is 819. The van der Waals surface area contributed by atoms with Gasteiger partial charge in [-0.05, 0) is 36.3 Å². The van der Waals surface area contributed by atoms with Gasteiger partial charge in [0.15, 0.2) is 10.4 Å². The van der Waals surface area contributed by atoms with E-state index in [4.69, 9.17) is 17.0 Å². The first-order valence-corrected chi connectivity index (χ1v) is 6.78. The maximum absolute atomic E-state index is 5.40. The number of aromatic amines is 1. The smallest absolute Gasteiger partial charge is 0.215 e. The van der Waals surface area contributed by atoms with E-state index in [0.29, 0.717) is 17.2 Å². The van der Waals surface area contributed by atoms with Crippen molar-refractivity contribution in [2.45, 2.75) is 13.5 Å². The second-order valence-electron chi connectivity index (χ2n) is 4.67. The van der Waals surface area contributed by atoms with Crippen LogP contribution in [0, 0.1) is 11.7 Å². The fraction of sp³-hybridized carbons (Fsp3) is 0.200. The van der Waals surface area contributed by atoms with Crippen LogP contribution in [0.1, 0.15) is 11.1 Å². The number of hydrogen-bond donors (Lipinski definition) is 1. The first-order chi connectivity index (χ1) is 9.69. The van der Waals surface area contributed by atoms with Crippen molar-refractivity contribution in [3.63, 3.8) is 0 Å². The molecule has 0 atom stereocenters. The lowest BCUT2D eigenvalue weighted by atomic mass is 10.1. The van der Waals surface area contributed by atoms with Gasteiger partial charge in [-0.25, -0.2) is 0 Å². The molecule has 0 aliphatic carbocycles. The summed E-state index contributed by atoms with van der Waals surface area (Å²) in [6, 6.07) is 12.0. The minimum Gasteiger partial charge on any atom is -0.481 e. The van der Waals surface area contributed by atoms with Crippen LogP contribution in [0.2, 0.25) is 0 Å². The van der Waals surface area contributed by atoms with Gasteiger partial charge >= 0.3 is 0 Å². The molecule has 0 radical (unpaired) electrons. The monoisotopic (exact) mass is 285 g/mol. The van der Waals surface area contributed by atoms with E-state index in [1.54, 1.807) is 7.11 Å². The van der Waals surface area contributed by atoms with Crippen LogP contribution in [-0.2, 0) is 6.54 Å². The molecule has 0 bridgehead atoms. The quantitative estimate of drug-likeness (QED) is 0.749. The molecule has 0 aliphatic heterocycles. The highest BCUT2D eigenvalue weighted by Crippen LogP contribution is 2.18. The highest BCUT2D eigenvalue weighted by Gasteiger charge is 2.08. The molecule has 1 N–H and O–H groups in total. The van der Waals surface area contributed by atoms with E-state index in [9.17, 15) is 0 Å². The summed E-state index contributed by atoms with van der Waals surface area (Å²) in [6.45, 7) is 2.80. The average Bonchev–Trinajstić information content (AvgIpc) is 2.77. The summed E-state index contributed by atoms with van der Waals surface area (Å²) in [7, 11) is 1.61. The summed E-state index contributed by atoms with van der Waals surface area (Å²) in [5.41, 5.74) is 4.21. The van der Waals surface area contributed by atoms with Gasteiger partial charge in [-0.15, -0.1) is 0 Å². The number of methoxy groups -OCH3 is 1. The molecule has 0 amide bonds. The van der Waals surface area contributed by atoms with E-state index >= 15 is 0 Å². The van der Waals surface area contributed by atoms with Gasteiger partial charge in [0.2, 0.25) is 5.88 Å². The van der Waals surface area contributed by atoms with E-state index < -0.39 is 0 Å². The van der Waals surface area contributed by atoms with Crippen LogP contribution in [0.4, 0.5) is 0 Å². The molecule has 0 unspecified atom stereocenters. The molecule has 0 spiro atoms. The number of hydrogen-bond acceptors (Lipinski definition) is 3. The molecule has 0 saturated carbocycles. The topological polar surface area (TPSA) is 42.8 Å². The fourth-order valence-corrected chi connectivity index (χ4v) is 2.49. The molecule has 2 aromatic heterocycles. The Morgan fingerprint density at radius 3 is 2.80 bits per heavy atom. The van der Waals surface area contributed by atoms with Gasteiger partial charge in [0.1, 0.15) is 0 Å². The molecule has 3 rings (SSSR count). The zero-order valence-corrected chi connectivity index (χ0v) is 12.2. The van der Waals surface area contributed by atoms with E-state index in [-0.39, 0.29) is 0 Å². The Morgan fingerprint density at radius 1 is 1.25 bits per heavy atom. The van der Waals surface area contributed by atoms with Crippen molar-refractivity contribution in [1.29, 1.82) is 0 Å². The molecule has 3 aromatic rings. The lowest BCUT2D eigenvalue weighted by molar-refractivity contribution is 0.399. The molecular weight excluding hydrogens is 270 g/mol. The Hall–Kier alpha value is -2.14. The molecule has 0 saturated heterocycles. The van der Waals surface area contributed by atoms with Gasteiger partial charge in [0.25, 0.3) is 0 Å². The predicted octanol–water partition coefficient (Wildman–Crippen LogP) is 3.46. The standard InChI is InChI=1S/C15H15N3OS/c1-10-5-3-4-6-11(10)9-18-14-12(16-15(18)20)7-8-13(17-14)19-2/h3-8H,9H2,1-2H3,(H,16,20). The number of ether oxygens (including phenoxy) is 1. The maximum atomic E-state index is 5.40. The molecule has 0 fully saturated rings. The molecular formula is C15H15N3OS. The second kappa shape index (κ2) is 5.09. The zero-order chi connectivity index (χ0) is 14.1. The normalized spacial score (nSPS) is 10.9. The van der Waals surface area contributed by atoms with E-state index in [1.165, 1.54) is 11.1 Å². The Labute approximate surface area is 122 Å². The van der Waals surface area contributed by atoms with Crippen LogP contribution in [0.5, 0.6) is 5.88 Å². The lowest BCUT2D eigenvalue weighted by Gasteiger charge is -2.07. The number of H-pyrrole nitrogens is 1. The van der Waals surface area contributed by atoms with Crippen LogP contribution in [-0.4, -0.2) is 21.6 Å². The Balaban J connectivity index is 2.13. The minimum atomic E-state index is 0.588. The first-order valence-electron chi connectivity index (χ1n) is 6.37. The van der Waals surface area contributed by atoms with Crippen LogP contribution in [0.25, 0.3) is 11.2 Å². The van der Waals surface area contributed by atoms with Gasteiger partial charge in [0.05, 0.1) is 19.2 Å². The number of benzene rings is 1. The van der Waals surface area contributed by atoms with Crippen molar-refractivity contribution in [2.24, 2.45) is 0 Å². The zero-order valence-electron chi connectivity index (χ0n) is 11.4. The van der Waals surface area contributed by atoms with Crippen molar-refractivity contribution >= 4 is 23.4 Å². The van der Waals surface area contributed by atoms with E-state index in [0.717, 1.165) is 11.2 Å². The molecule has 0 aliphatic rings. The molecule has 2 heterocycles. The van der Waals surface area contributed by atoms with Crippen LogP contribution >= 0.6 is 12.2 Å². The fourth-order valence-electron chi connectivity index (χ4n) is 2.23. The highest BCUT2D eigenvalue weighted by atomic mass is 32.1. The van der Waals surface area contributed by atoms with Gasteiger partial charge in [-0.3, -0.25) is 4.57 Å². The number of aromatic nitrogens is 3. The average molecular weight is 285 g/mol. The summed E-state index contributed by atoms with van der Waals surface area (Å²) in [6.07, 6.45) is 0. The molecule has 1 aromatic carbocycles. The second-order valence-corrected chi connectivity index (χ2v) is 5.05. The van der Waals surface area contributed by atoms with Gasteiger partial charge in [0, 0.05) is 6.07 Å². The van der Waals surface area contributed by atoms with Gasteiger partial charge in [-0.2, -0.15) is 4.98 Å². The SMILES string of the molecule is COc1ccc2[nH]c(=S)n(Cc3ccccc3C)c2n1. The third-order valence-corrected chi connectivity index (χ3v) is 3.71. The number of nitrogens with zero attached hydrogens (tertiary/aromatic N) is 2. The number of rotatable bonds is 3. The number of imidazole rings is 1. The summed E-state index contributed by atoms with van der Waals surface area (Å²) in [5.74, 6) is 0.588. The lowest BCUT2D eigenvalue weighted by Crippen LogP contribution is -2.02. The van der Waals surface area contributed by atoms with E-state index in [1.807, 2.05) is 28.8 Å². The summed E-state index contributed by atoms with van der Waals surface area (Å²) in [4.78, 5) is 7.66.